The molecule has 1 unspecified atom stereocenters. The summed E-state index contributed by atoms with van der Waals surface area (Å²) in [7, 11) is 0. The second-order valence-corrected chi connectivity index (χ2v) is 4.36. The SMILES string of the molecule is C=CCN(CC=C)C(C(=O)O)c1ccccc1C(F)(F)F. The number of carboxylic acid groups (broad SMARTS) is 1. The zero-order valence-corrected chi connectivity index (χ0v) is 11.3. The quantitative estimate of drug-likeness (QED) is 0.783. The van der Waals surface area contributed by atoms with Gasteiger partial charge in [0.2, 0.25) is 0 Å². The van der Waals surface area contributed by atoms with Crippen molar-refractivity contribution in [3.8, 4) is 0 Å². The maximum absolute atomic E-state index is 13.1. The minimum Gasteiger partial charge on any atom is -0.480 e. The summed E-state index contributed by atoms with van der Waals surface area (Å²) in [5.41, 5.74) is -1.24. The van der Waals surface area contributed by atoms with Crippen LogP contribution in [0.2, 0.25) is 0 Å². The van der Waals surface area contributed by atoms with Crippen molar-refractivity contribution in [1.29, 1.82) is 0 Å². The molecular formula is C15H16F3NO2. The standard InChI is InChI=1S/C15H16F3NO2/c1-3-9-19(10-4-2)13(14(20)21)11-7-5-6-8-12(11)15(16,17)18/h3-8,13H,1-2,9-10H2,(H,20,21). The van der Waals surface area contributed by atoms with Crippen molar-refractivity contribution >= 4 is 5.97 Å². The van der Waals surface area contributed by atoms with Crippen LogP contribution in [0.5, 0.6) is 0 Å². The molecule has 114 valence electrons. The van der Waals surface area contributed by atoms with Gasteiger partial charge in [0, 0.05) is 13.1 Å². The number of alkyl halides is 3. The number of carbonyl (C=O) groups is 1. The number of hydrogen-bond acceptors (Lipinski definition) is 2. The monoisotopic (exact) mass is 299 g/mol. The Kier molecular flexibility index (Phi) is 5.72. The van der Waals surface area contributed by atoms with E-state index in [0.717, 1.165) is 6.07 Å². The van der Waals surface area contributed by atoms with E-state index in [1.165, 1.54) is 35.3 Å². The fraction of sp³-hybridized carbons (Fsp3) is 0.267. The number of halogens is 3. The molecule has 0 heterocycles. The van der Waals surface area contributed by atoms with E-state index in [1.807, 2.05) is 0 Å². The molecule has 1 N–H and O–H groups in total. The Morgan fingerprint density at radius 3 is 2.19 bits per heavy atom. The van der Waals surface area contributed by atoms with E-state index in [1.54, 1.807) is 0 Å². The summed E-state index contributed by atoms with van der Waals surface area (Å²) in [4.78, 5) is 12.8. The lowest BCUT2D eigenvalue weighted by Gasteiger charge is -2.28. The first kappa shape index (κ1) is 17.0. The molecule has 0 aliphatic rings. The molecule has 0 spiro atoms. The summed E-state index contributed by atoms with van der Waals surface area (Å²) in [6.45, 7) is 7.26. The normalized spacial score (nSPS) is 13.0. The maximum Gasteiger partial charge on any atom is 0.416 e. The van der Waals surface area contributed by atoms with Gasteiger partial charge < -0.3 is 5.11 Å². The molecule has 0 aromatic heterocycles. The average molecular weight is 299 g/mol. The van der Waals surface area contributed by atoms with Crippen LogP contribution < -0.4 is 0 Å². The summed E-state index contributed by atoms with van der Waals surface area (Å²) in [5, 5.41) is 9.36. The Balaban J connectivity index is 3.38. The summed E-state index contributed by atoms with van der Waals surface area (Å²) in [6.07, 6.45) is -1.73. The van der Waals surface area contributed by atoms with Crippen molar-refractivity contribution in [2.24, 2.45) is 0 Å². The van der Waals surface area contributed by atoms with Crippen molar-refractivity contribution in [3.63, 3.8) is 0 Å². The van der Waals surface area contributed by atoms with Gasteiger partial charge in [-0.25, -0.2) is 0 Å². The number of nitrogens with zero attached hydrogens (tertiary/aromatic N) is 1. The fourth-order valence-corrected chi connectivity index (χ4v) is 2.10. The smallest absolute Gasteiger partial charge is 0.416 e. The summed E-state index contributed by atoms with van der Waals surface area (Å²) >= 11 is 0. The van der Waals surface area contributed by atoms with E-state index in [9.17, 15) is 23.1 Å². The largest absolute Gasteiger partial charge is 0.480 e. The third kappa shape index (κ3) is 4.19. The van der Waals surface area contributed by atoms with Gasteiger partial charge in [-0.05, 0) is 11.6 Å². The van der Waals surface area contributed by atoms with Crippen LogP contribution in [0.3, 0.4) is 0 Å². The molecule has 0 bridgehead atoms. The van der Waals surface area contributed by atoms with Crippen LogP contribution in [0.15, 0.2) is 49.6 Å². The molecule has 0 aliphatic heterocycles. The second kappa shape index (κ2) is 7.08. The van der Waals surface area contributed by atoms with Gasteiger partial charge >= 0.3 is 12.1 Å². The number of hydrogen-bond donors (Lipinski definition) is 1. The predicted molar refractivity (Wildman–Crippen MR) is 73.8 cm³/mol. The maximum atomic E-state index is 13.1. The predicted octanol–water partition coefficient (Wildman–Crippen LogP) is 3.51. The first-order valence-electron chi connectivity index (χ1n) is 6.17. The molecule has 1 atom stereocenters. The molecule has 0 fully saturated rings. The van der Waals surface area contributed by atoms with Crippen LogP contribution >= 0.6 is 0 Å². The first-order valence-corrected chi connectivity index (χ1v) is 6.17. The van der Waals surface area contributed by atoms with Crippen LogP contribution in [0, 0.1) is 0 Å². The van der Waals surface area contributed by atoms with Crippen LogP contribution in [0.25, 0.3) is 0 Å². The number of rotatable bonds is 7. The molecule has 21 heavy (non-hydrogen) atoms. The minimum atomic E-state index is -4.61. The number of aliphatic carboxylic acids is 1. The second-order valence-electron chi connectivity index (χ2n) is 4.36. The molecule has 1 rings (SSSR count). The van der Waals surface area contributed by atoms with Crippen molar-refractivity contribution in [2.75, 3.05) is 13.1 Å². The van der Waals surface area contributed by atoms with Gasteiger partial charge in [0.05, 0.1) is 5.56 Å². The van der Waals surface area contributed by atoms with Gasteiger partial charge in [-0.1, -0.05) is 30.4 Å². The van der Waals surface area contributed by atoms with Crippen molar-refractivity contribution in [2.45, 2.75) is 12.2 Å². The molecule has 0 aliphatic carbocycles. The molecule has 1 aromatic rings. The van der Waals surface area contributed by atoms with Crippen molar-refractivity contribution in [1.82, 2.24) is 4.90 Å². The van der Waals surface area contributed by atoms with Crippen LogP contribution in [0.4, 0.5) is 13.2 Å². The summed E-state index contributed by atoms with van der Waals surface area (Å²) in [5.74, 6) is -1.35. The molecule has 3 nitrogen and oxygen atoms in total. The molecule has 6 heteroatoms. The summed E-state index contributed by atoms with van der Waals surface area (Å²) in [6, 6.07) is 3.27. The average Bonchev–Trinajstić information content (AvgIpc) is 2.38. The molecule has 0 radical (unpaired) electrons. The van der Waals surface area contributed by atoms with E-state index in [-0.39, 0.29) is 18.7 Å². The molecule has 0 saturated heterocycles. The molecule has 0 amide bonds. The highest BCUT2D eigenvalue weighted by atomic mass is 19.4. The van der Waals surface area contributed by atoms with Gasteiger partial charge in [0.15, 0.2) is 0 Å². The Morgan fingerprint density at radius 2 is 1.76 bits per heavy atom. The van der Waals surface area contributed by atoms with E-state index in [4.69, 9.17) is 0 Å². The Hall–Kier alpha value is -2.08. The van der Waals surface area contributed by atoms with Crippen LogP contribution in [-0.4, -0.2) is 29.1 Å². The van der Waals surface area contributed by atoms with Gasteiger partial charge in [-0.15, -0.1) is 13.2 Å². The highest BCUT2D eigenvalue weighted by molar-refractivity contribution is 5.76. The van der Waals surface area contributed by atoms with Crippen LogP contribution in [-0.2, 0) is 11.0 Å². The van der Waals surface area contributed by atoms with Crippen LogP contribution in [0.1, 0.15) is 17.2 Å². The lowest BCUT2D eigenvalue weighted by Crippen LogP contribution is -2.35. The van der Waals surface area contributed by atoms with E-state index in [0.29, 0.717) is 0 Å². The first-order chi connectivity index (χ1) is 9.82. The minimum absolute atomic E-state index is 0.134. The zero-order chi connectivity index (χ0) is 16.0. The van der Waals surface area contributed by atoms with E-state index >= 15 is 0 Å². The van der Waals surface area contributed by atoms with Gasteiger partial charge in [-0.2, -0.15) is 13.2 Å². The zero-order valence-electron chi connectivity index (χ0n) is 11.3. The lowest BCUT2D eigenvalue weighted by molar-refractivity contribution is -0.145. The third-order valence-corrected chi connectivity index (χ3v) is 2.89. The highest BCUT2D eigenvalue weighted by Crippen LogP contribution is 2.36. The highest BCUT2D eigenvalue weighted by Gasteiger charge is 2.38. The summed E-state index contributed by atoms with van der Waals surface area (Å²) < 4.78 is 39.2. The fourth-order valence-electron chi connectivity index (χ4n) is 2.10. The van der Waals surface area contributed by atoms with E-state index < -0.39 is 23.8 Å². The molecule has 0 saturated carbocycles. The Labute approximate surface area is 121 Å². The van der Waals surface area contributed by atoms with Crippen molar-refractivity contribution in [3.05, 3.63) is 60.7 Å². The Morgan fingerprint density at radius 1 is 1.24 bits per heavy atom. The van der Waals surface area contributed by atoms with Gasteiger partial charge in [0.25, 0.3) is 0 Å². The topological polar surface area (TPSA) is 40.5 Å². The molecular weight excluding hydrogens is 283 g/mol. The Bertz CT molecular complexity index is 516. The van der Waals surface area contributed by atoms with Gasteiger partial charge in [-0.3, -0.25) is 9.69 Å². The number of benzene rings is 1. The van der Waals surface area contributed by atoms with Gasteiger partial charge in [0.1, 0.15) is 6.04 Å². The third-order valence-electron chi connectivity index (χ3n) is 2.89. The lowest BCUT2D eigenvalue weighted by atomic mass is 9.98. The molecule has 1 aromatic carbocycles. The number of carboxylic acids is 1. The van der Waals surface area contributed by atoms with Crippen molar-refractivity contribution < 1.29 is 23.1 Å². The van der Waals surface area contributed by atoms with E-state index in [2.05, 4.69) is 13.2 Å².